The number of ether oxygens (including phenoxy) is 4. The van der Waals surface area contributed by atoms with Crippen LogP contribution in [0.5, 0.6) is 0 Å². The number of pyridine rings is 4. The van der Waals surface area contributed by atoms with Crippen molar-refractivity contribution in [3.05, 3.63) is 192 Å². The lowest BCUT2D eigenvalue weighted by atomic mass is 10.0. The zero-order valence-corrected chi connectivity index (χ0v) is 65.0. The molecule has 0 amide bonds. The Morgan fingerprint density at radius 3 is 0.567 bits per heavy atom. The Morgan fingerprint density at radius 2 is 0.385 bits per heavy atom. The minimum Gasteiger partial charge on any atom is -0.385 e. The number of allylic oxidation sites excluding steroid dienone is 12. The average molecular weight is 1410 g/mol. The SMILES string of the molecule is COCCCCCCCCCCCC[n+]1ccccc1C1=C2C=CC(=N2)C(c2cccc[n+]2CCCCCCCCCCCCOC)=C2C=CC(=N2)C(c2cccc[n+]2CCCCCCCCCCCCOC)=C2C=CC(=N2)C(c2cccc[n+]2CCCCCCCCCCCCOC)=C2C=CC1=N2. The van der Waals surface area contributed by atoms with Crippen LogP contribution < -0.4 is 18.3 Å². The van der Waals surface area contributed by atoms with Crippen LogP contribution in [0.1, 0.15) is 280 Å². The molecule has 5 aliphatic heterocycles. The van der Waals surface area contributed by atoms with Crippen molar-refractivity contribution >= 4 is 45.1 Å². The molecule has 0 aromatic carbocycles. The molecule has 0 fully saturated rings. The van der Waals surface area contributed by atoms with Gasteiger partial charge in [0, 0.05) is 129 Å². The fourth-order valence-electron chi connectivity index (χ4n) is 15.5. The fourth-order valence-corrected chi connectivity index (χ4v) is 15.5. The number of unbranched alkanes of at least 4 members (excludes halogenated alkanes) is 36. The average Bonchev–Trinajstić information content (AvgIpc) is 1.60. The summed E-state index contributed by atoms with van der Waals surface area (Å²) in [5, 5.41) is 0. The van der Waals surface area contributed by atoms with E-state index >= 15 is 0 Å². The van der Waals surface area contributed by atoms with Gasteiger partial charge >= 0.3 is 0 Å². The highest BCUT2D eigenvalue weighted by Gasteiger charge is 2.35. The number of hydrogen-bond acceptors (Lipinski definition) is 8. The van der Waals surface area contributed by atoms with Crippen LogP contribution >= 0.6 is 0 Å². The Balaban J connectivity index is 1.08. The van der Waals surface area contributed by atoms with Gasteiger partial charge in [0.25, 0.3) is 0 Å². The van der Waals surface area contributed by atoms with Gasteiger partial charge in [0.05, 0.1) is 67.9 Å². The van der Waals surface area contributed by atoms with Gasteiger partial charge < -0.3 is 18.9 Å². The molecular formula is C92H132N8O4+4. The highest BCUT2D eigenvalue weighted by atomic mass is 16.5. The Bertz CT molecular complexity index is 3160. The first-order valence-corrected chi connectivity index (χ1v) is 41.6. The number of fused-ring (bicyclic) bond motifs is 4. The van der Waals surface area contributed by atoms with Crippen LogP contribution in [0.25, 0.3) is 22.3 Å². The van der Waals surface area contributed by atoms with Crippen LogP contribution in [-0.2, 0) is 45.1 Å². The molecule has 5 aliphatic rings. The summed E-state index contributed by atoms with van der Waals surface area (Å²) in [7, 11) is 7.23. The van der Waals surface area contributed by atoms with E-state index in [-0.39, 0.29) is 0 Å². The largest absolute Gasteiger partial charge is 0.385 e. The van der Waals surface area contributed by atoms with Gasteiger partial charge in [-0.2, -0.15) is 18.3 Å². The van der Waals surface area contributed by atoms with E-state index in [4.69, 9.17) is 38.9 Å². The second kappa shape index (κ2) is 49.0. The normalized spacial score (nSPS) is 14.7. The zero-order valence-electron chi connectivity index (χ0n) is 65.0. The Kier molecular flexibility index (Phi) is 38.2. The molecule has 0 aliphatic carbocycles. The van der Waals surface area contributed by atoms with Gasteiger partial charge in [-0.05, 0) is 124 Å². The van der Waals surface area contributed by atoms with E-state index in [2.05, 4.69) is 164 Å². The number of aromatic nitrogens is 4. The summed E-state index contributed by atoms with van der Waals surface area (Å²) in [4.78, 5) is 23.4. The van der Waals surface area contributed by atoms with Gasteiger partial charge in [-0.3, -0.25) is 0 Å². The Morgan fingerprint density at radius 1 is 0.212 bits per heavy atom. The zero-order chi connectivity index (χ0) is 72.1. The molecule has 0 saturated heterocycles. The third kappa shape index (κ3) is 26.8. The molecule has 12 nitrogen and oxygen atoms in total. The van der Waals surface area contributed by atoms with Crippen molar-refractivity contribution < 1.29 is 37.2 Å². The lowest BCUT2D eigenvalue weighted by Gasteiger charge is -2.12. The standard InChI is InChI=1S/C92H132N8O4/c1-101-73-49-33-25-17-9-5-13-21-29-41-65-97-69-45-37-53-85(97)89-77-57-59-79(93-77)90(86-54-38-46-70-98(86)66-42-30-22-14-6-10-18-26-34-50-74-102-2)81-61-63-83(95-81)92(88-56-40-48-72-100(88)68-44-32-24-16-8-12-20-28-36-52-76-104-4)84-64-62-82(96-84)91(80-60-58-78(89)94-80)87-55-39-47-71-99(87)67-43-31-23-15-7-11-19-27-35-51-75-103-3/h37-40,45-48,53-64,69-72H,5-36,41-44,49-52,65-68,73-76H2,1-4H3/q+4. The van der Waals surface area contributed by atoms with Gasteiger partial charge in [-0.15, -0.1) is 0 Å². The van der Waals surface area contributed by atoms with E-state index < -0.39 is 0 Å². The number of aliphatic imine (C=N–C) groups is 4. The molecule has 0 radical (unpaired) electrons. The van der Waals surface area contributed by atoms with Crippen molar-refractivity contribution in [2.45, 2.75) is 283 Å². The molecule has 9 heterocycles. The first-order chi connectivity index (χ1) is 51.6. The van der Waals surface area contributed by atoms with Gasteiger partial charge in [0.1, 0.15) is 26.2 Å². The molecule has 0 N–H and O–H groups in total. The molecule has 12 heteroatoms. The molecule has 9 rings (SSSR count). The van der Waals surface area contributed by atoms with E-state index in [9.17, 15) is 0 Å². The topological polar surface area (TPSA) is 102 Å². The monoisotopic (exact) mass is 1410 g/mol. The second-order valence-electron chi connectivity index (χ2n) is 29.6. The number of hydrogen-bond donors (Lipinski definition) is 0. The van der Waals surface area contributed by atoms with Gasteiger partial charge in [0.2, 0.25) is 22.8 Å². The molecular weight excluding hydrogens is 1280 g/mol. The van der Waals surface area contributed by atoms with Crippen LogP contribution in [0.2, 0.25) is 0 Å². The van der Waals surface area contributed by atoms with E-state index in [0.717, 1.165) is 169 Å². The van der Waals surface area contributed by atoms with Gasteiger partial charge in [0.15, 0.2) is 24.8 Å². The maximum absolute atomic E-state index is 5.86. The summed E-state index contributed by atoms with van der Waals surface area (Å²) in [5.74, 6) is 0. The van der Waals surface area contributed by atoms with Gasteiger partial charge in [-0.1, -0.05) is 180 Å². The summed E-state index contributed by atoms with van der Waals surface area (Å²) in [5.41, 5.74) is 15.8. The molecule has 4 aromatic rings. The molecule has 560 valence electrons. The summed E-state index contributed by atoms with van der Waals surface area (Å²) in [6.45, 7) is 7.14. The highest BCUT2D eigenvalue weighted by molar-refractivity contribution is 6.39. The van der Waals surface area contributed by atoms with Crippen LogP contribution in [0.3, 0.4) is 0 Å². The molecule has 0 atom stereocenters. The number of rotatable bonds is 56. The molecule has 104 heavy (non-hydrogen) atoms. The second-order valence-corrected chi connectivity index (χ2v) is 29.6. The van der Waals surface area contributed by atoms with Crippen LogP contribution in [-0.4, -0.2) is 77.7 Å². The number of methoxy groups -OCH3 is 4. The van der Waals surface area contributed by atoms with Crippen molar-refractivity contribution in [1.29, 1.82) is 0 Å². The number of aryl methyl sites for hydroxylation is 4. The predicted molar refractivity (Wildman–Crippen MR) is 433 cm³/mol. The molecule has 8 bridgehead atoms. The van der Waals surface area contributed by atoms with E-state index in [1.165, 1.54) is 231 Å². The fraction of sp³-hybridized carbons (Fsp3) is 0.565. The van der Waals surface area contributed by atoms with Gasteiger partial charge in [-0.25, -0.2) is 20.0 Å². The van der Waals surface area contributed by atoms with Crippen molar-refractivity contribution in [3.63, 3.8) is 0 Å². The molecule has 0 spiro atoms. The Labute approximate surface area is 628 Å². The molecule has 0 unspecified atom stereocenters. The minimum atomic E-state index is 0.876. The number of nitrogens with zero attached hydrogens (tertiary/aromatic N) is 8. The predicted octanol–water partition coefficient (Wildman–Crippen LogP) is 21.0. The van der Waals surface area contributed by atoms with Crippen LogP contribution in [0, 0.1) is 0 Å². The lowest BCUT2D eigenvalue weighted by Crippen LogP contribution is -2.39. The maximum atomic E-state index is 5.86. The quantitative estimate of drug-likeness (QED) is 0.0325. The summed E-state index contributed by atoms with van der Waals surface area (Å²) < 4.78 is 31.0. The molecule has 4 aromatic heterocycles. The Hall–Kier alpha value is -6.96. The molecule has 0 saturated carbocycles. The smallest absolute Gasteiger partial charge is 0.216 e. The van der Waals surface area contributed by atoms with Crippen molar-refractivity contribution in [2.75, 3.05) is 54.9 Å². The van der Waals surface area contributed by atoms with Crippen molar-refractivity contribution in [3.8, 4) is 0 Å². The van der Waals surface area contributed by atoms with Crippen LogP contribution in [0.15, 0.2) is 189 Å². The summed E-state index contributed by atoms with van der Waals surface area (Å²) in [6, 6.07) is 26.7. The minimum absolute atomic E-state index is 0.876. The first-order valence-electron chi connectivity index (χ1n) is 41.6. The summed E-state index contributed by atoms with van der Waals surface area (Å²) >= 11 is 0. The summed E-state index contributed by atoms with van der Waals surface area (Å²) in [6.07, 6.45) is 77.3. The van der Waals surface area contributed by atoms with E-state index in [1.54, 1.807) is 0 Å². The third-order valence-electron chi connectivity index (χ3n) is 21.4. The van der Waals surface area contributed by atoms with Crippen molar-refractivity contribution in [1.82, 2.24) is 0 Å². The maximum Gasteiger partial charge on any atom is 0.216 e. The lowest BCUT2D eigenvalue weighted by molar-refractivity contribution is -0.699. The van der Waals surface area contributed by atoms with E-state index in [1.807, 2.05) is 28.4 Å². The first kappa shape index (κ1) is 81.1. The van der Waals surface area contributed by atoms with E-state index in [0.29, 0.717) is 0 Å². The van der Waals surface area contributed by atoms with Crippen LogP contribution in [0.4, 0.5) is 0 Å². The van der Waals surface area contributed by atoms with Crippen molar-refractivity contribution in [2.24, 2.45) is 20.0 Å². The highest BCUT2D eigenvalue weighted by Crippen LogP contribution is 2.38. The third-order valence-corrected chi connectivity index (χ3v) is 21.4.